The maximum absolute atomic E-state index is 13.7. The second kappa shape index (κ2) is 10.9. The van der Waals surface area contributed by atoms with Crippen LogP contribution in [0.4, 0.5) is 4.39 Å². The van der Waals surface area contributed by atoms with Gasteiger partial charge in [0.2, 0.25) is 0 Å². The van der Waals surface area contributed by atoms with Crippen molar-refractivity contribution in [3.05, 3.63) is 96.1 Å². The number of hydrogen-bond donors (Lipinski definition) is 2. The van der Waals surface area contributed by atoms with Gasteiger partial charge in [0.15, 0.2) is 0 Å². The lowest BCUT2D eigenvalue weighted by Gasteiger charge is -2.26. The summed E-state index contributed by atoms with van der Waals surface area (Å²) in [6.07, 6.45) is 4.55. The molecule has 0 aliphatic heterocycles. The number of aromatic nitrogens is 3. The van der Waals surface area contributed by atoms with Crippen molar-refractivity contribution >= 4 is 33.7 Å². The van der Waals surface area contributed by atoms with Gasteiger partial charge in [0.05, 0.1) is 41.0 Å². The van der Waals surface area contributed by atoms with Crippen molar-refractivity contribution in [3.63, 3.8) is 0 Å². The number of nitrogens with one attached hydrogen (secondary N) is 1. The van der Waals surface area contributed by atoms with E-state index in [-0.39, 0.29) is 23.6 Å². The van der Waals surface area contributed by atoms with E-state index in [9.17, 15) is 19.1 Å². The zero-order valence-corrected chi connectivity index (χ0v) is 21.9. The van der Waals surface area contributed by atoms with Gasteiger partial charge in [-0.1, -0.05) is 36.4 Å². The molecule has 0 unspecified atom stereocenters. The number of rotatable bonds is 7. The monoisotopic (exact) mass is 536 g/mol. The van der Waals surface area contributed by atoms with Crippen molar-refractivity contribution in [1.82, 2.24) is 20.1 Å². The minimum atomic E-state index is -0.739. The summed E-state index contributed by atoms with van der Waals surface area (Å²) in [5, 5.41) is 18.9. The molecule has 2 heterocycles. The molecule has 5 aromatic rings. The van der Waals surface area contributed by atoms with E-state index in [1.165, 1.54) is 12.1 Å². The molecule has 0 radical (unpaired) electrons. The summed E-state index contributed by atoms with van der Waals surface area (Å²) in [6, 6.07) is 21.9. The Labute approximate surface area is 230 Å². The van der Waals surface area contributed by atoms with Crippen LogP contribution in [0.15, 0.2) is 79.0 Å². The van der Waals surface area contributed by atoms with Crippen LogP contribution in [0.5, 0.6) is 0 Å². The Morgan fingerprint density at radius 3 is 2.48 bits per heavy atom. The number of aliphatic carboxylic acids is 1. The minimum Gasteiger partial charge on any atom is -0.481 e. The number of carbonyl (C=O) groups excluding carboxylic acids is 1. The van der Waals surface area contributed by atoms with Gasteiger partial charge in [-0.05, 0) is 79.1 Å². The van der Waals surface area contributed by atoms with Crippen molar-refractivity contribution in [1.29, 1.82) is 0 Å². The van der Waals surface area contributed by atoms with Gasteiger partial charge in [0.25, 0.3) is 5.91 Å². The van der Waals surface area contributed by atoms with Gasteiger partial charge in [0, 0.05) is 17.3 Å². The first-order chi connectivity index (χ1) is 19.4. The molecule has 1 amide bonds. The van der Waals surface area contributed by atoms with E-state index in [4.69, 9.17) is 4.98 Å². The molecule has 1 aliphatic rings. The average Bonchev–Trinajstić information content (AvgIpc) is 3.38. The number of para-hydroxylation sites is 1. The van der Waals surface area contributed by atoms with Crippen molar-refractivity contribution in [2.45, 2.75) is 32.2 Å². The summed E-state index contributed by atoms with van der Waals surface area (Å²) in [7, 11) is 0. The third kappa shape index (κ3) is 5.30. The first-order valence-corrected chi connectivity index (χ1v) is 13.6. The summed E-state index contributed by atoms with van der Waals surface area (Å²) >= 11 is 0. The van der Waals surface area contributed by atoms with Crippen LogP contribution in [0, 0.1) is 17.7 Å². The first kappa shape index (κ1) is 25.7. The van der Waals surface area contributed by atoms with Crippen LogP contribution >= 0.6 is 0 Å². The highest BCUT2D eigenvalue weighted by atomic mass is 19.1. The molecule has 2 N–H and O–H groups in total. The SMILES string of the molecule is O=C(NCC1CCC(C(=O)O)CC1)c1cc(-c2ccc(F)cc2)cc2cnn(Cc3ccc4ccccc4n3)c12. The lowest BCUT2D eigenvalue weighted by molar-refractivity contribution is -0.143. The smallest absolute Gasteiger partial charge is 0.306 e. The van der Waals surface area contributed by atoms with Gasteiger partial charge in [-0.15, -0.1) is 0 Å². The molecule has 0 saturated heterocycles. The van der Waals surface area contributed by atoms with Gasteiger partial charge >= 0.3 is 5.97 Å². The predicted molar refractivity (Wildman–Crippen MR) is 151 cm³/mol. The number of benzene rings is 3. The van der Waals surface area contributed by atoms with Crippen LogP contribution < -0.4 is 5.32 Å². The topological polar surface area (TPSA) is 97.1 Å². The summed E-state index contributed by atoms with van der Waals surface area (Å²) < 4.78 is 15.4. The number of nitrogens with zero attached hydrogens (tertiary/aromatic N) is 3. The second-order valence-corrected chi connectivity index (χ2v) is 10.5. The molecule has 202 valence electrons. The van der Waals surface area contributed by atoms with E-state index in [0.29, 0.717) is 37.0 Å². The Balaban J connectivity index is 1.32. The van der Waals surface area contributed by atoms with Gasteiger partial charge in [0.1, 0.15) is 5.82 Å². The Hall–Kier alpha value is -4.59. The van der Waals surface area contributed by atoms with Crippen LogP contribution in [0.1, 0.15) is 41.7 Å². The first-order valence-electron chi connectivity index (χ1n) is 13.6. The highest BCUT2D eigenvalue weighted by molar-refractivity contribution is 6.07. The van der Waals surface area contributed by atoms with E-state index in [1.807, 2.05) is 48.5 Å². The zero-order chi connectivity index (χ0) is 27.6. The standard InChI is InChI=1S/C32H29FN4O3/c33-26-12-9-21(10-13-26)24-15-25-18-35-37(19-27-14-11-22-3-1-2-4-29(22)36-27)30(25)28(16-24)31(38)34-17-20-5-7-23(8-6-20)32(39)40/h1-4,9-16,18,20,23H,5-8,17,19H2,(H,34,38)(H,39,40). The second-order valence-electron chi connectivity index (χ2n) is 10.5. The maximum atomic E-state index is 13.7. The summed E-state index contributed by atoms with van der Waals surface area (Å²) in [5.74, 6) is -1.34. The highest BCUT2D eigenvalue weighted by Crippen LogP contribution is 2.31. The zero-order valence-electron chi connectivity index (χ0n) is 21.9. The van der Waals surface area contributed by atoms with E-state index in [0.717, 1.165) is 46.0 Å². The van der Waals surface area contributed by atoms with Crippen molar-refractivity contribution < 1.29 is 19.1 Å². The van der Waals surface area contributed by atoms with Gasteiger partial charge < -0.3 is 10.4 Å². The fourth-order valence-corrected chi connectivity index (χ4v) is 5.63. The lowest BCUT2D eigenvalue weighted by atomic mass is 9.82. The summed E-state index contributed by atoms with van der Waals surface area (Å²) in [4.78, 5) is 29.8. The van der Waals surface area contributed by atoms with Gasteiger partial charge in [-0.2, -0.15) is 5.10 Å². The molecule has 1 aliphatic carbocycles. The van der Waals surface area contributed by atoms with E-state index in [2.05, 4.69) is 10.4 Å². The highest BCUT2D eigenvalue weighted by Gasteiger charge is 2.26. The van der Waals surface area contributed by atoms with Crippen LogP contribution in [-0.4, -0.2) is 38.3 Å². The number of amides is 1. The van der Waals surface area contributed by atoms with E-state index >= 15 is 0 Å². The van der Waals surface area contributed by atoms with Crippen LogP contribution in [0.2, 0.25) is 0 Å². The van der Waals surface area contributed by atoms with Crippen LogP contribution in [0.3, 0.4) is 0 Å². The molecular weight excluding hydrogens is 507 g/mol. The maximum Gasteiger partial charge on any atom is 0.306 e. The largest absolute Gasteiger partial charge is 0.481 e. The van der Waals surface area contributed by atoms with E-state index in [1.54, 1.807) is 23.0 Å². The molecule has 6 rings (SSSR count). The number of pyridine rings is 1. The molecular formula is C32H29FN4O3. The minimum absolute atomic E-state index is 0.220. The van der Waals surface area contributed by atoms with Crippen molar-refractivity contribution in [2.75, 3.05) is 6.54 Å². The third-order valence-electron chi connectivity index (χ3n) is 7.87. The molecule has 0 spiro atoms. The van der Waals surface area contributed by atoms with Crippen molar-refractivity contribution in [3.8, 4) is 11.1 Å². The van der Waals surface area contributed by atoms with Crippen LogP contribution in [-0.2, 0) is 11.3 Å². The molecule has 7 nitrogen and oxygen atoms in total. The molecule has 8 heteroatoms. The Bertz CT molecular complexity index is 1710. The quantitative estimate of drug-likeness (QED) is 0.264. The van der Waals surface area contributed by atoms with Gasteiger partial charge in [-0.3, -0.25) is 19.3 Å². The van der Waals surface area contributed by atoms with Crippen molar-refractivity contribution in [2.24, 2.45) is 11.8 Å². The molecule has 2 aromatic heterocycles. The molecule has 0 atom stereocenters. The molecule has 3 aromatic carbocycles. The molecule has 1 saturated carbocycles. The number of carbonyl (C=O) groups is 2. The molecule has 1 fully saturated rings. The number of carboxylic acid groups (broad SMARTS) is 1. The third-order valence-corrected chi connectivity index (χ3v) is 7.87. The normalized spacial score (nSPS) is 17.2. The fourth-order valence-electron chi connectivity index (χ4n) is 5.63. The summed E-state index contributed by atoms with van der Waals surface area (Å²) in [6.45, 7) is 0.873. The fraction of sp³-hybridized carbons (Fsp3) is 0.250. The molecule has 0 bridgehead atoms. The van der Waals surface area contributed by atoms with E-state index < -0.39 is 5.97 Å². The number of halogens is 1. The predicted octanol–water partition coefficient (Wildman–Crippen LogP) is 6.06. The number of carboxylic acids is 1. The number of fused-ring (bicyclic) bond motifs is 2. The Morgan fingerprint density at radius 1 is 0.925 bits per heavy atom. The lowest BCUT2D eigenvalue weighted by Crippen LogP contribution is -2.32. The Kier molecular flexibility index (Phi) is 6.99. The molecule has 40 heavy (non-hydrogen) atoms. The average molecular weight is 537 g/mol. The van der Waals surface area contributed by atoms with Crippen LogP contribution in [0.25, 0.3) is 32.9 Å². The van der Waals surface area contributed by atoms with Gasteiger partial charge in [-0.25, -0.2) is 4.39 Å². The summed E-state index contributed by atoms with van der Waals surface area (Å²) in [5.41, 5.74) is 4.50. The number of hydrogen-bond acceptors (Lipinski definition) is 4. The Morgan fingerprint density at radius 2 is 1.70 bits per heavy atom.